The molecule has 1 fully saturated rings. The second kappa shape index (κ2) is 9.77. The van der Waals surface area contributed by atoms with Gasteiger partial charge in [-0.1, -0.05) is 24.3 Å². The fourth-order valence-corrected chi connectivity index (χ4v) is 4.35. The fourth-order valence-electron chi connectivity index (χ4n) is 4.35. The molecule has 1 aliphatic rings. The Kier molecular flexibility index (Phi) is 6.63. The van der Waals surface area contributed by atoms with E-state index < -0.39 is 0 Å². The van der Waals surface area contributed by atoms with Crippen LogP contribution in [0.25, 0.3) is 10.9 Å². The zero-order valence-corrected chi connectivity index (χ0v) is 18.0. The number of carbonyl (C=O) groups excluding carboxylic acids is 2. The van der Waals surface area contributed by atoms with E-state index in [9.17, 15) is 19.8 Å². The van der Waals surface area contributed by atoms with Gasteiger partial charge in [0.05, 0.1) is 5.92 Å². The summed E-state index contributed by atoms with van der Waals surface area (Å²) in [6.45, 7) is 1.59. The predicted molar refractivity (Wildman–Crippen MR) is 122 cm³/mol. The fraction of sp³-hybridized carbons (Fsp3) is 0.360. The van der Waals surface area contributed by atoms with Crippen molar-refractivity contribution in [1.29, 1.82) is 0 Å². The molecule has 2 aromatic carbocycles. The second-order valence-corrected chi connectivity index (χ2v) is 8.40. The molecular formula is C25H29N3O4. The summed E-state index contributed by atoms with van der Waals surface area (Å²) < 4.78 is 0. The molecule has 1 saturated heterocycles. The maximum atomic E-state index is 12.8. The lowest BCUT2D eigenvalue weighted by Crippen LogP contribution is -2.45. The summed E-state index contributed by atoms with van der Waals surface area (Å²) in [6.07, 6.45) is 5.23. The van der Waals surface area contributed by atoms with Gasteiger partial charge < -0.3 is 25.4 Å². The molecule has 1 aliphatic heterocycles. The van der Waals surface area contributed by atoms with Gasteiger partial charge in [0.15, 0.2) is 11.5 Å². The number of hydrogen-bond acceptors (Lipinski definition) is 4. The smallest absolute Gasteiger partial charge is 0.224 e. The number of aromatic nitrogens is 1. The van der Waals surface area contributed by atoms with Gasteiger partial charge in [0.25, 0.3) is 0 Å². The number of phenolic OH excluding ortho intramolecular Hbond substituents is 2. The Labute approximate surface area is 187 Å². The van der Waals surface area contributed by atoms with E-state index in [4.69, 9.17) is 0 Å². The molecule has 32 heavy (non-hydrogen) atoms. The topological polar surface area (TPSA) is 106 Å². The minimum Gasteiger partial charge on any atom is -0.504 e. The molecule has 3 aromatic rings. The second-order valence-electron chi connectivity index (χ2n) is 8.40. The lowest BCUT2D eigenvalue weighted by Gasteiger charge is -2.32. The number of aromatic amines is 1. The Morgan fingerprint density at radius 3 is 2.78 bits per heavy atom. The van der Waals surface area contributed by atoms with Crippen LogP contribution >= 0.6 is 0 Å². The molecule has 7 nitrogen and oxygen atoms in total. The standard InChI is InChI=1S/C25H29N3O4/c29-22-9-7-17(14-23(22)30)11-12-26-25(32)19-4-3-13-28(16-19)24(31)10-8-18-15-27-21-6-2-1-5-20(18)21/h1-2,5-7,9,14-15,19,27,29-30H,3-4,8,10-13,16H2,(H,26,32)/t19-/m1/s1. The van der Waals surface area contributed by atoms with Gasteiger partial charge in [-0.2, -0.15) is 0 Å². The van der Waals surface area contributed by atoms with Crippen LogP contribution in [0.5, 0.6) is 11.5 Å². The number of hydrogen-bond donors (Lipinski definition) is 4. The first kappa shape index (κ1) is 21.7. The third-order valence-corrected chi connectivity index (χ3v) is 6.18. The monoisotopic (exact) mass is 435 g/mol. The third kappa shape index (κ3) is 5.04. The van der Waals surface area contributed by atoms with E-state index in [0.29, 0.717) is 38.9 Å². The molecule has 4 N–H and O–H groups in total. The molecule has 0 saturated carbocycles. The summed E-state index contributed by atoms with van der Waals surface area (Å²) in [5.74, 6) is -0.471. The highest BCUT2D eigenvalue weighted by Gasteiger charge is 2.28. The normalized spacial score (nSPS) is 16.2. The number of nitrogens with one attached hydrogen (secondary N) is 2. The van der Waals surface area contributed by atoms with Gasteiger partial charge >= 0.3 is 0 Å². The quantitative estimate of drug-likeness (QED) is 0.428. The van der Waals surface area contributed by atoms with Gasteiger partial charge in [0.1, 0.15) is 0 Å². The maximum Gasteiger partial charge on any atom is 0.224 e. The number of rotatable bonds is 7. The number of benzene rings is 2. The van der Waals surface area contributed by atoms with Crippen molar-refractivity contribution in [3.63, 3.8) is 0 Å². The zero-order valence-electron chi connectivity index (χ0n) is 18.0. The highest BCUT2D eigenvalue weighted by Crippen LogP contribution is 2.25. The predicted octanol–water partition coefficient (Wildman–Crippen LogP) is 3.11. The molecule has 2 amide bonds. The Bertz CT molecular complexity index is 1110. The van der Waals surface area contributed by atoms with Crippen molar-refractivity contribution in [3.05, 3.63) is 59.8 Å². The number of piperidine rings is 1. The number of aromatic hydroxyl groups is 2. The largest absolute Gasteiger partial charge is 0.504 e. The van der Waals surface area contributed by atoms with Gasteiger partial charge in [-0.25, -0.2) is 0 Å². The first-order valence-corrected chi connectivity index (χ1v) is 11.1. The number of aryl methyl sites for hydroxylation is 1. The number of fused-ring (bicyclic) bond motifs is 1. The van der Waals surface area contributed by atoms with Crippen LogP contribution in [0.15, 0.2) is 48.7 Å². The van der Waals surface area contributed by atoms with E-state index in [-0.39, 0.29) is 29.2 Å². The lowest BCUT2D eigenvalue weighted by molar-refractivity contribution is -0.135. The average Bonchev–Trinajstić information content (AvgIpc) is 3.23. The van der Waals surface area contributed by atoms with E-state index in [1.807, 2.05) is 29.3 Å². The summed E-state index contributed by atoms with van der Waals surface area (Å²) >= 11 is 0. The van der Waals surface area contributed by atoms with Crippen molar-refractivity contribution in [2.24, 2.45) is 5.92 Å². The van der Waals surface area contributed by atoms with Crippen LogP contribution in [0, 0.1) is 5.92 Å². The van der Waals surface area contributed by atoms with Crippen molar-refractivity contribution in [3.8, 4) is 11.5 Å². The van der Waals surface area contributed by atoms with Crippen molar-refractivity contribution in [1.82, 2.24) is 15.2 Å². The van der Waals surface area contributed by atoms with E-state index in [2.05, 4.69) is 16.4 Å². The highest BCUT2D eigenvalue weighted by molar-refractivity contribution is 5.84. The number of para-hydroxylation sites is 1. The number of amides is 2. The zero-order chi connectivity index (χ0) is 22.5. The first-order valence-electron chi connectivity index (χ1n) is 11.1. The summed E-state index contributed by atoms with van der Waals surface area (Å²) in [4.78, 5) is 30.5. The van der Waals surface area contributed by atoms with Gasteiger partial charge in [0.2, 0.25) is 11.8 Å². The average molecular weight is 436 g/mol. The van der Waals surface area contributed by atoms with Gasteiger partial charge in [-0.3, -0.25) is 9.59 Å². The Morgan fingerprint density at radius 2 is 1.94 bits per heavy atom. The molecule has 1 atom stereocenters. The number of likely N-dealkylation sites (tertiary alicyclic amines) is 1. The van der Waals surface area contributed by atoms with E-state index in [0.717, 1.165) is 34.9 Å². The molecule has 0 aliphatic carbocycles. The minimum atomic E-state index is -0.200. The molecule has 0 unspecified atom stereocenters. The Morgan fingerprint density at radius 1 is 1.09 bits per heavy atom. The minimum absolute atomic E-state index is 0.0397. The number of nitrogens with zero attached hydrogens (tertiary/aromatic N) is 1. The molecule has 168 valence electrons. The van der Waals surface area contributed by atoms with Crippen molar-refractivity contribution >= 4 is 22.7 Å². The SMILES string of the molecule is O=C(NCCc1ccc(O)c(O)c1)[C@@H]1CCCN(C(=O)CCc2c[nH]c3ccccc23)C1. The van der Waals surface area contributed by atoms with Crippen LogP contribution in [-0.4, -0.2) is 51.5 Å². The molecule has 0 spiro atoms. The third-order valence-electron chi connectivity index (χ3n) is 6.18. The van der Waals surface area contributed by atoms with Crippen molar-refractivity contribution in [2.75, 3.05) is 19.6 Å². The summed E-state index contributed by atoms with van der Waals surface area (Å²) in [5, 5.41) is 23.1. The number of carbonyl (C=O) groups is 2. The van der Waals surface area contributed by atoms with Crippen LogP contribution in [0.4, 0.5) is 0 Å². The van der Waals surface area contributed by atoms with E-state index >= 15 is 0 Å². The van der Waals surface area contributed by atoms with Crippen LogP contribution in [0.3, 0.4) is 0 Å². The molecule has 2 heterocycles. The van der Waals surface area contributed by atoms with E-state index in [1.165, 1.54) is 12.1 Å². The molecule has 0 radical (unpaired) electrons. The van der Waals surface area contributed by atoms with Crippen LogP contribution in [-0.2, 0) is 22.4 Å². The summed E-state index contributed by atoms with van der Waals surface area (Å²) in [6, 6.07) is 12.7. The molecule has 0 bridgehead atoms. The summed E-state index contributed by atoms with van der Waals surface area (Å²) in [5.41, 5.74) is 3.05. The van der Waals surface area contributed by atoms with Crippen LogP contribution in [0.1, 0.15) is 30.4 Å². The first-order chi connectivity index (χ1) is 15.5. The maximum absolute atomic E-state index is 12.8. The van der Waals surface area contributed by atoms with E-state index in [1.54, 1.807) is 6.07 Å². The van der Waals surface area contributed by atoms with Crippen molar-refractivity contribution < 1.29 is 19.8 Å². The van der Waals surface area contributed by atoms with Crippen LogP contribution < -0.4 is 5.32 Å². The van der Waals surface area contributed by atoms with Gasteiger partial charge in [0, 0.05) is 43.2 Å². The molecule has 4 rings (SSSR count). The number of phenols is 2. The molecule has 1 aromatic heterocycles. The lowest BCUT2D eigenvalue weighted by atomic mass is 9.96. The van der Waals surface area contributed by atoms with Crippen molar-refractivity contribution in [2.45, 2.75) is 32.1 Å². The van der Waals surface area contributed by atoms with Gasteiger partial charge in [-0.15, -0.1) is 0 Å². The number of H-pyrrole nitrogens is 1. The summed E-state index contributed by atoms with van der Waals surface area (Å²) in [7, 11) is 0. The molecule has 7 heteroatoms. The Hall–Kier alpha value is -3.48. The molecular weight excluding hydrogens is 406 g/mol. The highest BCUT2D eigenvalue weighted by atomic mass is 16.3. The Balaban J connectivity index is 1.25. The van der Waals surface area contributed by atoms with Crippen LogP contribution in [0.2, 0.25) is 0 Å². The van der Waals surface area contributed by atoms with Gasteiger partial charge in [-0.05, 0) is 55.0 Å².